The van der Waals surface area contributed by atoms with Gasteiger partial charge in [0.25, 0.3) is 15.9 Å². The van der Waals surface area contributed by atoms with E-state index in [-0.39, 0.29) is 10.8 Å². The van der Waals surface area contributed by atoms with E-state index in [1.54, 1.807) is 31.2 Å². The number of nitrogens with zero attached hydrogens (tertiary/aromatic N) is 2. The molecule has 0 radical (unpaired) electrons. The first kappa shape index (κ1) is 23.5. The van der Waals surface area contributed by atoms with E-state index in [2.05, 4.69) is 15.8 Å². The van der Waals surface area contributed by atoms with Gasteiger partial charge in [-0.2, -0.15) is 8.42 Å². The number of hydrogen-bond acceptors (Lipinski definition) is 6. The van der Waals surface area contributed by atoms with Crippen molar-refractivity contribution in [1.82, 2.24) is 10.2 Å². The summed E-state index contributed by atoms with van der Waals surface area (Å²) in [6.45, 7) is 3.04. The summed E-state index contributed by atoms with van der Waals surface area (Å²) in [7, 11) is -3.72. The van der Waals surface area contributed by atoms with Crippen molar-refractivity contribution in [3.8, 4) is 0 Å². The first-order valence-electron chi connectivity index (χ1n) is 11.7. The predicted octanol–water partition coefficient (Wildman–Crippen LogP) is 2.79. The van der Waals surface area contributed by atoms with Gasteiger partial charge in [-0.3, -0.25) is 9.59 Å². The second kappa shape index (κ2) is 10.1. The lowest BCUT2D eigenvalue weighted by Crippen LogP contribution is -2.44. The van der Waals surface area contributed by atoms with Gasteiger partial charge in [0.15, 0.2) is 11.9 Å². The lowest BCUT2D eigenvalue weighted by atomic mass is 9.97. The average molecular weight is 474 g/mol. The largest absolute Gasteiger partial charge is 0.452 e. The lowest BCUT2D eigenvalue weighted by Gasteiger charge is -2.33. The molecule has 0 bridgehead atoms. The van der Waals surface area contributed by atoms with Crippen LogP contribution < -0.4 is 5.32 Å². The van der Waals surface area contributed by atoms with Gasteiger partial charge in [0, 0.05) is 25.2 Å². The Morgan fingerprint density at radius 1 is 1.24 bits per heavy atom. The fourth-order valence-electron chi connectivity index (χ4n) is 4.62. The number of nitrogens with one attached hydrogen (secondary N) is 1. The van der Waals surface area contributed by atoms with E-state index in [4.69, 9.17) is 4.74 Å². The Bertz CT molecular complexity index is 1080. The maximum Gasteiger partial charge on any atom is 0.311 e. The quantitative estimate of drug-likeness (QED) is 0.503. The molecule has 9 heteroatoms. The van der Waals surface area contributed by atoms with Crippen molar-refractivity contribution >= 4 is 27.7 Å². The third-order valence-corrected chi connectivity index (χ3v) is 7.78. The number of sulfonamides is 1. The summed E-state index contributed by atoms with van der Waals surface area (Å²) in [6, 6.07) is 6.72. The van der Waals surface area contributed by atoms with E-state index >= 15 is 0 Å². The van der Waals surface area contributed by atoms with E-state index in [1.165, 1.54) is 18.4 Å². The highest BCUT2D eigenvalue weighted by Gasteiger charge is 2.36. The van der Waals surface area contributed by atoms with Crippen molar-refractivity contribution in [2.24, 2.45) is 10.3 Å². The second-order valence-electron chi connectivity index (χ2n) is 8.90. The molecule has 0 spiro atoms. The van der Waals surface area contributed by atoms with Crippen LogP contribution in [0.3, 0.4) is 0 Å². The van der Waals surface area contributed by atoms with Crippen LogP contribution in [0.5, 0.6) is 0 Å². The number of carbonyl (C=O) groups is 2. The topological polar surface area (TPSA) is 105 Å². The monoisotopic (exact) mass is 473 g/mol. The molecule has 1 fully saturated rings. The summed E-state index contributed by atoms with van der Waals surface area (Å²) in [6.07, 6.45) is 8.18. The minimum atomic E-state index is -3.72. The number of hydrogen-bond donors (Lipinski definition) is 1. The summed E-state index contributed by atoms with van der Waals surface area (Å²) in [5.74, 6) is -0.801. The van der Waals surface area contributed by atoms with Crippen LogP contribution in [0.2, 0.25) is 0 Å². The average Bonchev–Trinajstić information content (AvgIpc) is 3.11. The number of rotatable bonds is 6. The van der Waals surface area contributed by atoms with Gasteiger partial charge in [-0.05, 0) is 64.0 Å². The number of amides is 1. The Balaban J connectivity index is 1.31. The Hall–Kier alpha value is -2.68. The molecule has 2 heterocycles. The lowest BCUT2D eigenvalue weighted by molar-refractivity contribution is -0.159. The van der Waals surface area contributed by atoms with Gasteiger partial charge < -0.3 is 15.0 Å². The van der Waals surface area contributed by atoms with Crippen LogP contribution in [0.25, 0.3) is 0 Å². The van der Waals surface area contributed by atoms with Crippen LogP contribution in [0, 0.1) is 5.92 Å². The van der Waals surface area contributed by atoms with Gasteiger partial charge >= 0.3 is 5.97 Å². The van der Waals surface area contributed by atoms with Crippen LogP contribution in [0.4, 0.5) is 0 Å². The predicted molar refractivity (Wildman–Crippen MR) is 124 cm³/mol. The summed E-state index contributed by atoms with van der Waals surface area (Å²) >= 11 is 0. The van der Waals surface area contributed by atoms with Gasteiger partial charge in [0.2, 0.25) is 0 Å². The Labute approximate surface area is 195 Å². The summed E-state index contributed by atoms with van der Waals surface area (Å²) < 4.78 is 34.2. The van der Waals surface area contributed by atoms with Crippen molar-refractivity contribution in [2.75, 3.05) is 19.6 Å². The Morgan fingerprint density at radius 2 is 2.06 bits per heavy atom. The molecule has 1 aromatic carbocycles. The summed E-state index contributed by atoms with van der Waals surface area (Å²) in [4.78, 5) is 27.2. The second-order valence-corrected chi connectivity index (χ2v) is 10.5. The molecule has 1 amide bonds. The van der Waals surface area contributed by atoms with Gasteiger partial charge in [0.1, 0.15) is 4.90 Å². The minimum absolute atomic E-state index is 0.194. The van der Waals surface area contributed by atoms with Crippen molar-refractivity contribution < 1.29 is 22.7 Å². The van der Waals surface area contributed by atoms with Crippen molar-refractivity contribution in [1.29, 1.82) is 0 Å². The number of fused-ring (bicyclic) bond motifs is 1. The van der Waals surface area contributed by atoms with E-state index in [1.807, 2.05) is 4.90 Å². The molecule has 1 aromatic rings. The van der Waals surface area contributed by atoms with Gasteiger partial charge in [-0.15, -0.1) is 4.40 Å². The number of benzene rings is 1. The molecule has 1 aliphatic carbocycles. The molecule has 0 saturated carbocycles. The molecule has 0 unspecified atom stereocenters. The molecule has 178 valence electrons. The molecule has 4 rings (SSSR count). The van der Waals surface area contributed by atoms with Crippen molar-refractivity contribution in [3.05, 3.63) is 41.5 Å². The molecular weight excluding hydrogens is 442 g/mol. The highest BCUT2D eigenvalue weighted by atomic mass is 32.2. The molecule has 1 N–H and O–H groups in total. The third kappa shape index (κ3) is 5.46. The van der Waals surface area contributed by atoms with E-state index in [9.17, 15) is 18.0 Å². The van der Waals surface area contributed by atoms with E-state index in [0.29, 0.717) is 43.9 Å². The standard InChI is InChI=1S/C24H31N3O5S/c1-17(23(28)25-14-13-18-8-3-2-4-9-18)32-24(29)19-10-7-15-27(16-19)22-20-11-5-6-12-21(20)33(30,31)26-22/h5-6,8,11-12,17,19H,2-4,7,9-10,13-16H2,1H3,(H,25,28)/t17-,19-/m1/s1. The molecule has 33 heavy (non-hydrogen) atoms. The summed E-state index contributed by atoms with van der Waals surface area (Å²) in [5, 5.41) is 2.86. The van der Waals surface area contributed by atoms with Crippen LogP contribution in [0.15, 0.2) is 45.2 Å². The minimum Gasteiger partial charge on any atom is -0.452 e. The van der Waals surface area contributed by atoms with E-state index < -0.39 is 28.0 Å². The van der Waals surface area contributed by atoms with Crippen LogP contribution >= 0.6 is 0 Å². The molecule has 0 aromatic heterocycles. The third-order valence-electron chi connectivity index (χ3n) is 6.46. The van der Waals surface area contributed by atoms with Gasteiger partial charge in [-0.1, -0.05) is 23.8 Å². The number of amidine groups is 1. The number of piperidine rings is 1. The summed E-state index contributed by atoms with van der Waals surface area (Å²) in [5.41, 5.74) is 1.94. The molecular formula is C24H31N3O5S. The fourth-order valence-corrected chi connectivity index (χ4v) is 5.85. The maximum absolute atomic E-state index is 12.8. The van der Waals surface area contributed by atoms with Crippen molar-refractivity contribution in [3.63, 3.8) is 0 Å². The smallest absolute Gasteiger partial charge is 0.311 e. The number of carbonyl (C=O) groups excluding carboxylic acids is 2. The zero-order valence-electron chi connectivity index (χ0n) is 19.0. The van der Waals surface area contributed by atoms with E-state index in [0.717, 1.165) is 19.3 Å². The number of allylic oxidation sites excluding steroid dienone is 1. The highest BCUT2D eigenvalue weighted by Crippen LogP contribution is 2.30. The fraction of sp³-hybridized carbons (Fsp3) is 0.542. The Kier molecular flexibility index (Phi) is 7.17. The van der Waals surface area contributed by atoms with Crippen LogP contribution in [0.1, 0.15) is 57.4 Å². The van der Waals surface area contributed by atoms with Crippen molar-refractivity contribution in [2.45, 2.75) is 62.9 Å². The number of likely N-dealkylation sites (tertiary alicyclic amines) is 1. The molecule has 3 aliphatic rings. The SMILES string of the molecule is C[C@@H](OC(=O)[C@@H]1CCCN(C2=NS(=O)(=O)c3ccccc32)C1)C(=O)NCCC1=CCCCC1. The maximum atomic E-state index is 12.8. The first-order chi connectivity index (χ1) is 15.8. The zero-order valence-corrected chi connectivity index (χ0v) is 19.8. The normalized spacial score (nSPS) is 22.6. The van der Waals surface area contributed by atoms with Gasteiger partial charge in [0.05, 0.1) is 5.92 Å². The molecule has 8 nitrogen and oxygen atoms in total. The number of ether oxygens (including phenoxy) is 1. The Morgan fingerprint density at radius 3 is 2.85 bits per heavy atom. The molecule has 2 aliphatic heterocycles. The first-order valence-corrected chi connectivity index (χ1v) is 13.1. The molecule has 1 saturated heterocycles. The zero-order chi connectivity index (χ0) is 23.4. The van der Waals surface area contributed by atoms with Crippen LogP contribution in [-0.2, 0) is 24.3 Å². The molecule has 2 atom stereocenters. The number of esters is 1. The highest BCUT2D eigenvalue weighted by molar-refractivity contribution is 7.90. The van der Waals surface area contributed by atoms with Gasteiger partial charge in [-0.25, -0.2) is 0 Å². The van der Waals surface area contributed by atoms with Crippen LogP contribution in [-0.4, -0.2) is 56.8 Å².